The predicted octanol–water partition coefficient (Wildman–Crippen LogP) is 2.09. The van der Waals surface area contributed by atoms with Gasteiger partial charge >= 0.3 is 6.09 Å². The number of benzene rings is 1. The molecular weight excluding hydrogens is 490 g/mol. The number of carbonyl (C=O) groups is 2. The Morgan fingerprint density at radius 3 is 2.39 bits per heavy atom. The molecule has 1 aliphatic heterocycles. The summed E-state index contributed by atoms with van der Waals surface area (Å²) >= 11 is 0. The van der Waals surface area contributed by atoms with Gasteiger partial charge in [-0.05, 0) is 45.0 Å². The Morgan fingerprint density at radius 2 is 1.78 bits per heavy atom. The lowest BCUT2D eigenvalue weighted by atomic mass is 10.1. The maximum absolute atomic E-state index is 12.7. The molecule has 4 rings (SSSR count). The van der Waals surface area contributed by atoms with Crippen LogP contribution in [-0.4, -0.2) is 83.1 Å². The Kier molecular flexibility index (Phi) is 6.82. The maximum Gasteiger partial charge on any atom is 0.413 e. The quantitative estimate of drug-likeness (QED) is 0.513. The van der Waals surface area contributed by atoms with Gasteiger partial charge < -0.3 is 19.7 Å². The number of hydrogen-bond acceptors (Lipinski definition) is 10. The molecule has 0 radical (unpaired) electrons. The highest BCUT2D eigenvalue weighted by Crippen LogP contribution is 2.24. The van der Waals surface area contributed by atoms with E-state index in [1.807, 2.05) is 0 Å². The van der Waals surface area contributed by atoms with Crippen LogP contribution in [0, 0.1) is 0 Å². The Labute approximate surface area is 207 Å². The van der Waals surface area contributed by atoms with Crippen LogP contribution in [0.4, 0.5) is 22.1 Å². The number of imidazole rings is 1. The van der Waals surface area contributed by atoms with Gasteiger partial charge in [-0.2, -0.15) is 9.50 Å². The summed E-state index contributed by atoms with van der Waals surface area (Å²) in [5.41, 5.74) is 0.483. The molecule has 1 fully saturated rings. The third kappa shape index (κ3) is 5.88. The molecule has 36 heavy (non-hydrogen) atoms. The summed E-state index contributed by atoms with van der Waals surface area (Å²) in [5.74, 6) is 0.0933. The fourth-order valence-electron chi connectivity index (χ4n) is 3.38. The first kappa shape index (κ1) is 25.3. The summed E-state index contributed by atoms with van der Waals surface area (Å²) in [7, 11) is -3.81. The van der Waals surface area contributed by atoms with Crippen molar-refractivity contribution in [3.63, 3.8) is 0 Å². The Morgan fingerprint density at radius 1 is 1.11 bits per heavy atom. The lowest BCUT2D eigenvalue weighted by Crippen LogP contribution is -2.40. The normalized spacial score (nSPS) is 14.5. The number of nitrogens with one attached hydrogen (secondary N) is 2. The number of nitrogens with zero attached hydrogens (tertiary/aromatic N) is 5. The fraction of sp³-hybridized carbons (Fsp3) is 0.409. The van der Waals surface area contributed by atoms with E-state index in [9.17, 15) is 18.0 Å². The highest BCUT2D eigenvalue weighted by molar-refractivity contribution is 7.90. The van der Waals surface area contributed by atoms with Crippen LogP contribution in [0.25, 0.3) is 5.65 Å². The van der Waals surface area contributed by atoms with Crippen LogP contribution in [0.15, 0.2) is 35.6 Å². The SMILES string of the molecule is CC(C)(C)OC(=O)Nc1cnc2c(Nc3ccc(C(=O)N4CCOCC4)cc3)nc(S(C)(=O)=O)nn12. The van der Waals surface area contributed by atoms with Crippen molar-refractivity contribution in [3.8, 4) is 0 Å². The van der Waals surface area contributed by atoms with E-state index in [0.717, 1.165) is 10.8 Å². The molecule has 2 amide bonds. The highest BCUT2D eigenvalue weighted by atomic mass is 32.2. The summed E-state index contributed by atoms with van der Waals surface area (Å²) in [5, 5.41) is 9.10. The lowest BCUT2D eigenvalue weighted by Gasteiger charge is -2.26. The second-order valence-corrected chi connectivity index (χ2v) is 11.0. The van der Waals surface area contributed by atoms with Gasteiger partial charge in [-0.1, -0.05) is 0 Å². The molecular formula is C22H27N7O6S. The summed E-state index contributed by atoms with van der Waals surface area (Å²) in [6, 6.07) is 6.68. The molecule has 0 atom stereocenters. The zero-order valence-electron chi connectivity index (χ0n) is 20.3. The fourth-order valence-corrected chi connectivity index (χ4v) is 3.87. The molecule has 192 valence electrons. The van der Waals surface area contributed by atoms with Crippen LogP contribution in [0.3, 0.4) is 0 Å². The van der Waals surface area contributed by atoms with Crippen molar-refractivity contribution >= 4 is 44.8 Å². The van der Waals surface area contributed by atoms with Crippen molar-refractivity contribution in [2.75, 3.05) is 43.2 Å². The number of morpholine rings is 1. The van der Waals surface area contributed by atoms with E-state index < -0.39 is 26.7 Å². The number of anilines is 3. The van der Waals surface area contributed by atoms with Gasteiger partial charge in [0, 0.05) is 30.6 Å². The molecule has 1 aromatic carbocycles. The van der Waals surface area contributed by atoms with Gasteiger partial charge in [-0.3, -0.25) is 10.1 Å². The average Bonchev–Trinajstić information content (AvgIpc) is 3.21. The van der Waals surface area contributed by atoms with Crippen molar-refractivity contribution in [1.29, 1.82) is 0 Å². The van der Waals surface area contributed by atoms with Crippen molar-refractivity contribution in [1.82, 2.24) is 24.5 Å². The molecule has 13 nitrogen and oxygen atoms in total. The smallest absolute Gasteiger partial charge is 0.413 e. The third-order valence-electron chi connectivity index (χ3n) is 5.00. The number of amides is 2. The Bertz CT molecular complexity index is 1390. The summed E-state index contributed by atoms with van der Waals surface area (Å²) in [6.45, 7) is 7.23. The van der Waals surface area contributed by atoms with Gasteiger partial charge in [0.1, 0.15) is 5.60 Å². The summed E-state index contributed by atoms with van der Waals surface area (Å²) in [4.78, 5) is 35.0. The minimum Gasteiger partial charge on any atom is -0.444 e. The first-order valence-electron chi connectivity index (χ1n) is 11.1. The molecule has 14 heteroatoms. The van der Waals surface area contributed by atoms with Crippen LogP contribution >= 0.6 is 0 Å². The van der Waals surface area contributed by atoms with E-state index >= 15 is 0 Å². The van der Waals surface area contributed by atoms with E-state index in [1.54, 1.807) is 49.9 Å². The standard InChI is InChI=1S/C22H27N7O6S/c1-22(2,3)35-21(31)25-16-13-23-18-17(26-20(27-29(16)18)36(4,32)33)24-15-7-5-14(6-8-15)19(30)28-9-11-34-12-10-28/h5-8,13H,9-12H2,1-4H3,(H,25,31)(H,24,26,27). The topological polar surface area (TPSA) is 157 Å². The van der Waals surface area contributed by atoms with E-state index in [4.69, 9.17) is 9.47 Å². The van der Waals surface area contributed by atoms with E-state index in [2.05, 4.69) is 25.7 Å². The van der Waals surface area contributed by atoms with Gasteiger partial charge in [0.25, 0.3) is 11.1 Å². The highest BCUT2D eigenvalue weighted by Gasteiger charge is 2.22. The van der Waals surface area contributed by atoms with E-state index in [1.165, 1.54) is 6.20 Å². The number of aromatic nitrogens is 4. The molecule has 3 aromatic rings. The summed E-state index contributed by atoms with van der Waals surface area (Å²) < 4.78 is 36.2. The molecule has 0 spiro atoms. The van der Waals surface area contributed by atoms with E-state index in [0.29, 0.717) is 37.6 Å². The number of hydrogen-bond donors (Lipinski definition) is 2. The molecule has 3 heterocycles. The molecule has 1 aliphatic rings. The van der Waals surface area contributed by atoms with Crippen LogP contribution < -0.4 is 10.6 Å². The molecule has 2 N–H and O–H groups in total. The number of carbonyl (C=O) groups excluding carboxylic acids is 2. The summed E-state index contributed by atoms with van der Waals surface area (Å²) in [6.07, 6.45) is 1.54. The largest absolute Gasteiger partial charge is 0.444 e. The zero-order chi connectivity index (χ0) is 26.1. The predicted molar refractivity (Wildman–Crippen MR) is 130 cm³/mol. The number of rotatable bonds is 5. The molecule has 0 aliphatic carbocycles. The lowest BCUT2D eigenvalue weighted by molar-refractivity contribution is 0.0303. The van der Waals surface area contributed by atoms with Gasteiger partial charge in [0.15, 0.2) is 17.3 Å². The van der Waals surface area contributed by atoms with Gasteiger partial charge in [0.2, 0.25) is 9.84 Å². The molecule has 2 aromatic heterocycles. The monoisotopic (exact) mass is 517 g/mol. The average molecular weight is 518 g/mol. The van der Waals surface area contributed by atoms with Crippen LogP contribution in [0.5, 0.6) is 0 Å². The minimum absolute atomic E-state index is 0.0925. The second kappa shape index (κ2) is 9.70. The van der Waals surface area contributed by atoms with E-state index in [-0.39, 0.29) is 23.2 Å². The van der Waals surface area contributed by atoms with Gasteiger partial charge in [0.05, 0.1) is 19.4 Å². The maximum atomic E-state index is 12.7. The van der Waals surface area contributed by atoms with Crippen molar-refractivity contribution < 1.29 is 27.5 Å². The van der Waals surface area contributed by atoms with Crippen LogP contribution in [0.1, 0.15) is 31.1 Å². The molecule has 0 bridgehead atoms. The number of ether oxygens (including phenoxy) is 2. The first-order valence-corrected chi connectivity index (χ1v) is 13.0. The minimum atomic E-state index is -3.81. The zero-order valence-corrected chi connectivity index (χ0v) is 21.1. The molecule has 0 unspecified atom stereocenters. The second-order valence-electron chi connectivity index (χ2n) is 9.13. The number of fused-ring (bicyclic) bond motifs is 1. The third-order valence-corrected chi connectivity index (χ3v) is 5.83. The molecule has 0 saturated carbocycles. The Hall–Kier alpha value is -3.78. The van der Waals surface area contributed by atoms with Crippen molar-refractivity contribution in [3.05, 3.63) is 36.0 Å². The first-order chi connectivity index (χ1) is 16.9. The van der Waals surface area contributed by atoms with Crippen molar-refractivity contribution in [2.45, 2.75) is 31.5 Å². The van der Waals surface area contributed by atoms with Crippen LogP contribution in [0.2, 0.25) is 0 Å². The van der Waals surface area contributed by atoms with Crippen LogP contribution in [-0.2, 0) is 19.3 Å². The van der Waals surface area contributed by atoms with Crippen molar-refractivity contribution in [2.24, 2.45) is 0 Å². The molecule has 1 saturated heterocycles. The van der Waals surface area contributed by atoms with Gasteiger partial charge in [-0.15, -0.1) is 5.10 Å². The Balaban J connectivity index is 1.62. The van der Waals surface area contributed by atoms with Gasteiger partial charge in [-0.25, -0.2) is 18.2 Å². The number of sulfone groups is 1.